The maximum atomic E-state index is 12.7. The average molecular weight is 469 g/mol. The second-order valence-corrected chi connectivity index (χ2v) is 8.37. The molecule has 0 unspecified atom stereocenters. The lowest BCUT2D eigenvalue weighted by Crippen LogP contribution is -2.41. The van der Waals surface area contributed by atoms with E-state index in [2.05, 4.69) is 15.3 Å². The molecule has 1 aliphatic heterocycles. The summed E-state index contributed by atoms with van der Waals surface area (Å²) in [4.78, 5) is 35.3. The van der Waals surface area contributed by atoms with Crippen LogP contribution in [0.3, 0.4) is 0 Å². The van der Waals surface area contributed by atoms with Gasteiger partial charge in [-0.05, 0) is 37.6 Å². The highest BCUT2D eigenvalue weighted by atomic mass is 32.1. The van der Waals surface area contributed by atoms with Gasteiger partial charge in [0.05, 0.1) is 12.2 Å². The molecular weight excluding hydrogens is 444 g/mol. The van der Waals surface area contributed by atoms with Crippen LogP contribution in [0.4, 0.5) is 5.13 Å². The fourth-order valence-corrected chi connectivity index (χ4v) is 3.67. The van der Waals surface area contributed by atoms with E-state index >= 15 is 0 Å². The van der Waals surface area contributed by atoms with Crippen molar-refractivity contribution in [3.8, 4) is 17.5 Å². The molecule has 4 rings (SSSR count). The molecule has 3 aromatic rings. The van der Waals surface area contributed by atoms with E-state index in [-0.39, 0.29) is 29.7 Å². The summed E-state index contributed by atoms with van der Waals surface area (Å²) in [5, 5.41) is 4.99. The van der Waals surface area contributed by atoms with Crippen molar-refractivity contribution >= 4 is 28.3 Å². The van der Waals surface area contributed by atoms with Crippen LogP contribution in [0.15, 0.2) is 48.0 Å². The Morgan fingerprint density at radius 2 is 1.91 bits per heavy atom. The predicted octanol–water partition coefficient (Wildman–Crippen LogP) is 3.84. The number of thiazole rings is 1. The lowest BCUT2D eigenvalue weighted by atomic mass is 10.1. The fourth-order valence-electron chi connectivity index (χ4n) is 3.14. The highest BCUT2D eigenvalue weighted by molar-refractivity contribution is 7.13. The molecule has 1 atom stereocenters. The zero-order valence-electron chi connectivity index (χ0n) is 18.3. The molecule has 9 nitrogen and oxygen atoms in total. The number of anilines is 1. The van der Waals surface area contributed by atoms with Gasteiger partial charge in [0, 0.05) is 49.5 Å². The molecular formula is C23H24N4O5S. The summed E-state index contributed by atoms with van der Waals surface area (Å²) in [6, 6.07) is 9.89. The van der Waals surface area contributed by atoms with Gasteiger partial charge in [0.2, 0.25) is 11.8 Å². The first-order chi connectivity index (χ1) is 16.0. The van der Waals surface area contributed by atoms with Crippen LogP contribution in [0, 0.1) is 0 Å². The normalized spacial score (nSPS) is 13.7. The van der Waals surface area contributed by atoms with Crippen molar-refractivity contribution in [2.75, 3.05) is 32.1 Å². The van der Waals surface area contributed by atoms with E-state index in [9.17, 15) is 9.59 Å². The third-order valence-corrected chi connectivity index (χ3v) is 5.57. The van der Waals surface area contributed by atoms with Gasteiger partial charge in [-0.15, -0.1) is 11.3 Å². The number of methoxy groups -OCH3 is 1. The van der Waals surface area contributed by atoms with Crippen LogP contribution in [0.1, 0.15) is 34.1 Å². The number of nitrogens with one attached hydrogen (secondary N) is 1. The summed E-state index contributed by atoms with van der Waals surface area (Å²) in [5.41, 5.74) is 0.906. The number of carbonyl (C=O) groups is 2. The molecule has 1 fully saturated rings. The fraction of sp³-hybridized carbons (Fsp3) is 0.304. The van der Waals surface area contributed by atoms with E-state index in [0.29, 0.717) is 28.6 Å². The van der Waals surface area contributed by atoms with Crippen LogP contribution in [-0.2, 0) is 4.74 Å². The minimum absolute atomic E-state index is 0.00889. The van der Waals surface area contributed by atoms with E-state index in [1.54, 1.807) is 47.9 Å². The Hall–Kier alpha value is -3.50. The van der Waals surface area contributed by atoms with Crippen LogP contribution in [0.5, 0.6) is 17.5 Å². The maximum Gasteiger partial charge on any atom is 0.257 e. The van der Waals surface area contributed by atoms with Crippen LogP contribution in [0.2, 0.25) is 0 Å². The Morgan fingerprint density at radius 3 is 2.55 bits per heavy atom. The Morgan fingerprint density at radius 1 is 1.15 bits per heavy atom. The van der Waals surface area contributed by atoms with E-state index < -0.39 is 0 Å². The Balaban J connectivity index is 1.53. The number of nitrogens with zero attached hydrogens (tertiary/aromatic N) is 3. The summed E-state index contributed by atoms with van der Waals surface area (Å²) in [6.07, 6.45) is 2.37. The van der Waals surface area contributed by atoms with E-state index in [1.807, 2.05) is 6.92 Å². The van der Waals surface area contributed by atoms with Crippen molar-refractivity contribution in [2.45, 2.75) is 19.4 Å². The molecule has 0 radical (unpaired) electrons. The van der Waals surface area contributed by atoms with Crippen LogP contribution >= 0.6 is 11.3 Å². The van der Waals surface area contributed by atoms with Crippen molar-refractivity contribution in [2.24, 2.45) is 0 Å². The molecule has 10 heteroatoms. The molecule has 2 aromatic heterocycles. The first-order valence-electron chi connectivity index (χ1n) is 10.5. The highest BCUT2D eigenvalue weighted by Crippen LogP contribution is 2.26. The van der Waals surface area contributed by atoms with E-state index in [0.717, 1.165) is 19.5 Å². The molecule has 2 amide bonds. The number of ether oxygens (including phenoxy) is 3. The Kier molecular flexibility index (Phi) is 7.16. The van der Waals surface area contributed by atoms with Gasteiger partial charge in [-0.2, -0.15) is 4.98 Å². The minimum Gasteiger partial charge on any atom is -0.472 e. The lowest BCUT2D eigenvalue weighted by Gasteiger charge is -2.30. The molecule has 1 aliphatic rings. The van der Waals surface area contributed by atoms with Gasteiger partial charge in [0.1, 0.15) is 11.9 Å². The second-order valence-electron chi connectivity index (χ2n) is 7.48. The molecule has 1 saturated heterocycles. The summed E-state index contributed by atoms with van der Waals surface area (Å²) < 4.78 is 16.8. The van der Waals surface area contributed by atoms with Crippen molar-refractivity contribution in [3.63, 3.8) is 0 Å². The number of hydrogen-bond acceptors (Lipinski definition) is 8. The summed E-state index contributed by atoms with van der Waals surface area (Å²) >= 11 is 1.32. The first kappa shape index (κ1) is 22.7. The predicted molar refractivity (Wildman–Crippen MR) is 123 cm³/mol. The molecule has 1 aromatic carbocycles. The number of pyridine rings is 1. The topological polar surface area (TPSA) is 103 Å². The minimum atomic E-state index is -0.364. The SMILES string of the molecule is COC[C@@H](C)Oc1cc(C(=O)Nc2nccs2)cc(Oc2ccc(C(=O)N3CCC3)cc2)n1. The molecule has 0 bridgehead atoms. The second kappa shape index (κ2) is 10.4. The smallest absolute Gasteiger partial charge is 0.257 e. The van der Waals surface area contributed by atoms with Gasteiger partial charge in [-0.1, -0.05) is 0 Å². The monoisotopic (exact) mass is 468 g/mol. The van der Waals surface area contributed by atoms with Crippen LogP contribution < -0.4 is 14.8 Å². The van der Waals surface area contributed by atoms with Gasteiger partial charge in [0.25, 0.3) is 11.8 Å². The van der Waals surface area contributed by atoms with E-state index in [4.69, 9.17) is 14.2 Å². The van der Waals surface area contributed by atoms with Gasteiger partial charge in [0.15, 0.2) is 5.13 Å². The van der Waals surface area contributed by atoms with Crippen molar-refractivity contribution < 1.29 is 23.8 Å². The number of amides is 2. The quantitative estimate of drug-likeness (QED) is 0.509. The molecule has 0 saturated carbocycles. The molecule has 1 N–H and O–H groups in total. The summed E-state index contributed by atoms with van der Waals surface area (Å²) in [5.74, 6) is 0.539. The lowest BCUT2D eigenvalue weighted by molar-refractivity contribution is 0.0651. The number of hydrogen-bond donors (Lipinski definition) is 1. The summed E-state index contributed by atoms with van der Waals surface area (Å²) in [7, 11) is 1.58. The average Bonchev–Trinajstić information content (AvgIpc) is 3.26. The number of rotatable bonds is 9. The van der Waals surface area contributed by atoms with Gasteiger partial charge < -0.3 is 19.1 Å². The zero-order chi connectivity index (χ0) is 23.2. The van der Waals surface area contributed by atoms with Gasteiger partial charge in [-0.25, -0.2) is 4.98 Å². The first-order valence-corrected chi connectivity index (χ1v) is 11.4. The number of carbonyl (C=O) groups excluding carboxylic acids is 2. The molecule has 172 valence electrons. The largest absolute Gasteiger partial charge is 0.472 e. The number of likely N-dealkylation sites (tertiary alicyclic amines) is 1. The van der Waals surface area contributed by atoms with Crippen LogP contribution in [0.25, 0.3) is 0 Å². The third-order valence-electron chi connectivity index (χ3n) is 4.88. The van der Waals surface area contributed by atoms with Crippen molar-refractivity contribution in [1.82, 2.24) is 14.9 Å². The number of benzene rings is 1. The zero-order valence-corrected chi connectivity index (χ0v) is 19.1. The van der Waals surface area contributed by atoms with E-state index in [1.165, 1.54) is 23.5 Å². The Bertz CT molecular complexity index is 1100. The maximum absolute atomic E-state index is 12.7. The van der Waals surface area contributed by atoms with Crippen molar-refractivity contribution in [3.05, 3.63) is 59.1 Å². The van der Waals surface area contributed by atoms with Gasteiger partial charge >= 0.3 is 0 Å². The summed E-state index contributed by atoms with van der Waals surface area (Å²) in [6.45, 7) is 3.78. The molecule has 3 heterocycles. The Labute approximate surface area is 195 Å². The van der Waals surface area contributed by atoms with Crippen molar-refractivity contribution in [1.29, 1.82) is 0 Å². The standard InChI is InChI=1S/C23H24N4O5S/c1-15(14-30-2)31-19-12-17(21(28)26-23-24-8-11-33-23)13-20(25-19)32-18-6-4-16(5-7-18)22(29)27-9-3-10-27/h4-8,11-13,15H,3,9-10,14H2,1-2H3,(H,24,26,28)/t15-/m1/s1. The highest BCUT2D eigenvalue weighted by Gasteiger charge is 2.21. The molecule has 33 heavy (non-hydrogen) atoms. The van der Waals surface area contributed by atoms with Gasteiger partial charge in [-0.3, -0.25) is 14.9 Å². The number of aromatic nitrogens is 2. The molecule has 0 aliphatic carbocycles. The third kappa shape index (κ3) is 5.85. The molecule has 0 spiro atoms. The van der Waals surface area contributed by atoms with Crippen LogP contribution in [-0.4, -0.2) is 59.6 Å².